The largest absolute Gasteiger partial charge is 0.372 e. The molecule has 0 bridgehead atoms. The molecule has 0 aliphatic rings. The predicted octanol–water partition coefficient (Wildman–Crippen LogP) is 1.87. The van der Waals surface area contributed by atoms with Crippen molar-refractivity contribution in [2.75, 3.05) is 5.32 Å². The summed E-state index contributed by atoms with van der Waals surface area (Å²) in [6, 6.07) is 1.21. The van der Waals surface area contributed by atoms with Crippen molar-refractivity contribution in [1.29, 1.82) is 0 Å². The van der Waals surface area contributed by atoms with E-state index in [1.807, 2.05) is 0 Å². The minimum atomic E-state index is -1.29. The van der Waals surface area contributed by atoms with Gasteiger partial charge in [0.25, 0.3) is 5.69 Å². The maximum absolute atomic E-state index is 13.0. The van der Waals surface area contributed by atoms with Crippen molar-refractivity contribution < 1.29 is 18.2 Å². The van der Waals surface area contributed by atoms with Crippen LogP contribution < -0.4 is 5.32 Å². The summed E-state index contributed by atoms with van der Waals surface area (Å²) in [6.07, 6.45) is 1.08. The number of hydrogen-bond acceptors (Lipinski definition) is 6. The van der Waals surface area contributed by atoms with Gasteiger partial charge in [-0.2, -0.15) is 4.98 Å². The van der Waals surface area contributed by atoms with Crippen LogP contribution in [0.1, 0.15) is 5.82 Å². The maximum atomic E-state index is 13.0. The summed E-state index contributed by atoms with van der Waals surface area (Å²) in [7, 11) is 0. The fourth-order valence-corrected chi connectivity index (χ4v) is 1.27. The molecule has 94 valence electrons. The van der Waals surface area contributed by atoms with Crippen molar-refractivity contribution in [3.05, 3.63) is 46.1 Å². The van der Waals surface area contributed by atoms with Crippen molar-refractivity contribution in [2.45, 2.75) is 6.54 Å². The first-order chi connectivity index (χ1) is 8.58. The minimum absolute atomic E-state index is 0.0115. The molecule has 0 fully saturated rings. The summed E-state index contributed by atoms with van der Waals surface area (Å²) in [5.41, 5.74) is -0.735. The molecule has 9 heteroatoms. The third-order valence-electron chi connectivity index (χ3n) is 2.08. The fourth-order valence-electron chi connectivity index (χ4n) is 1.27. The van der Waals surface area contributed by atoms with Gasteiger partial charge in [-0.25, -0.2) is 8.78 Å². The molecule has 0 radical (unpaired) electrons. The second kappa shape index (κ2) is 4.73. The van der Waals surface area contributed by atoms with Gasteiger partial charge < -0.3 is 9.84 Å². The molecule has 0 atom stereocenters. The van der Waals surface area contributed by atoms with Gasteiger partial charge in [0.15, 0.2) is 17.5 Å². The molecule has 7 nitrogen and oxygen atoms in total. The third-order valence-corrected chi connectivity index (χ3v) is 2.08. The molecule has 2 rings (SSSR count). The number of nitro benzene ring substituents is 1. The lowest BCUT2D eigenvalue weighted by Crippen LogP contribution is -2.05. The fraction of sp³-hybridized carbons (Fsp3) is 0.111. The molecule has 2 aromatic rings. The van der Waals surface area contributed by atoms with Crippen LogP contribution in [0.5, 0.6) is 0 Å². The Hall–Kier alpha value is -2.58. The van der Waals surface area contributed by atoms with E-state index in [0.717, 1.165) is 6.39 Å². The Labute approximate surface area is 98.6 Å². The van der Waals surface area contributed by atoms with Crippen LogP contribution in [-0.2, 0) is 6.54 Å². The van der Waals surface area contributed by atoms with E-state index in [4.69, 9.17) is 0 Å². The number of benzene rings is 1. The van der Waals surface area contributed by atoms with Crippen molar-refractivity contribution in [2.24, 2.45) is 0 Å². The molecule has 0 saturated heterocycles. The lowest BCUT2D eigenvalue weighted by atomic mass is 10.2. The van der Waals surface area contributed by atoms with Crippen LogP contribution in [0, 0.1) is 21.7 Å². The van der Waals surface area contributed by atoms with Gasteiger partial charge in [0.2, 0.25) is 6.39 Å². The summed E-state index contributed by atoms with van der Waals surface area (Å²) >= 11 is 0. The van der Waals surface area contributed by atoms with Crippen molar-refractivity contribution in [3.8, 4) is 0 Å². The van der Waals surface area contributed by atoms with Crippen molar-refractivity contribution in [1.82, 2.24) is 10.1 Å². The first-order valence-corrected chi connectivity index (χ1v) is 4.70. The van der Waals surface area contributed by atoms with Crippen LogP contribution in [0.4, 0.5) is 20.2 Å². The Morgan fingerprint density at radius 2 is 2.11 bits per heavy atom. The van der Waals surface area contributed by atoms with Gasteiger partial charge in [-0.1, -0.05) is 5.16 Å². The Balaban J connectivity index is 2.25. The van der Waals surface area contributed by atoms with Gasteiger partial charge in [-0.05, 0) is 0 Å². The monoisotopic (exact) mass is 256 g/mol. The molecule has 0 unspecified atom stereocenters. The number of anilines is 1. The smallest absolute Gasteiger partial charge is 0.295 e. The Kier molecular flexibility index (Phi) is 3.13. The van der Waals surface area contributed by atoms with E-state index < -0.39 is 22.2 Å². The normalized spacial score (nSPS) is 10.3. The Bertz CT molecular complexity index is 573. The molecule has 1 N–H and O–H groups in total. The molecule has 0 aliphatic heterocycles. The minimum Gasteiger partial charge on any atom is -0.372 e. The number of rotatable bonds is 4. The zero-order valence-corrected chi connectivity index (χ0v) is 8.76. The number of nitrogens with one attached hydrogen (secondary N) is 1. The average Bonchev–Trinajstić information content (AvgIpc) is 2.83. The maximum Gasteiger partial charge on any atom is 0.295 e. The second-order valence-corrected chi connectivity index (χ2v) is 3.24. The van der Waals surface area contributed by atoms with Crippen LogP contribution in [-0.4, -0.2) is 15.1 Å². The van der Waals surface area contributed by atoms with E-state index in [1.165, 1.54) is 0 Å². The van der Waals surface area contributed by atoms with Gasteiger partial charge in [-0.3, -0.25) is 10.1 Å². The van der Waals surface area contributed by atoms with E-state index in [9.17, 15) is 18.9 Å². The molecule has 0 spiro atoms. The number of aromatic nitrogens is 2. The van der Waals surface area contributed by atoms with Gasteiger partial charge in [-0.15, -0.1) is 0 Å². The van der Waals surface area contributed by atoms with Crippen LogP contribution in [0.15, 0.2) is 23.0 Å². The molecule has 0 amide bonds. The molecule has 0 saturated carbocycles. The standard InChI is InChI=1S/C9H6F2N4O3/c10-5-1-7(8(15(16)17)2-6(5)11)12-3-9-13-4-18-14-9/h1-2,4,12H,3H2. The SMILES string of the molecule is O=[N+]([O-])c1cc(F)c(F)cc1NCc1ncon1. The molecule has 1 aromatic carbocycles. The van der Waals surface area contributed by atoms with E-state index in [0.29, 0.717) is 12.1 Å². The van der Waals surface area contributed by atoms with Crippen LogP contribution in [0.3, 0.4) is 0 Å². The third kappa shape index (κ3) is 2.39. The Morgan fingerprint density at radius 3 is 2.72 bits per heavy atom. The molecule has 1 aromatic heterocycles. The first-order valence-electron chi connectivity index (χ1n) is 4.70. The van der Waals surface area contributed by atoms with Crippen LogP contribution in [0.25, 0.3) is 0 Å². The van der Waals surface area contributed by atoms with Gasteiger partial charge in [0.1, 0.15) is 5.69 Å². The van der Waals surface area contributed by atoms with Gasteiger partial charge in [0, 0.05) is 6.07 Å². The molecular formula is C9H6F2N4O3. The van der Waals surface area contributed by atoms with Crippen LogP contribution >= 0.6 is 0 Å². The molecule has 18 heavy (non-hydrogen) atoms. The number of nitrogens with zero attached hydrogens (tertiary/aromatic N) is 3. The average molecular weight is 256 g/mol. The Morgan fingerprint density at radius 1 is 1.39 bits per heavy atom. The zero-order valence-electron chi connectivity index (χ0n) is 8.76. The van der Waals surface area contributed by atoms with E-state index in [1.54, 1.807) is 0 Å². The van der Waals surface area contributed by atoms with Crippen molar-refractivity contribution >= 4 is 11.4 Å². The highest BCUT2D eigenvalue weighted by molar-refractivity contribution is 5.61. The van der Waals surface area contributed by atoms with Crippen LogP contribution in [0.2, 0.25) is 0 Å². The molecule has 1 heterocycles. The van der Waals surface area contributed by atoms with E-state index >= 15 is 0 Å². The van der Waals surface area contributed by atoms with Gasteiger partial charge in [0.05, 0.1) is 17.5 Å². The number of hydrogen-bond donors (Lipinski definition) is 1. The summed E-state index contributed by atoms with van der Waals surface area (Å²) < 4.78 is 30.3. The summed E-state index contributed by atoms with van der Waals surface area (Å²) in [5.74, 6) is -2.24. The lowest BCUT2D eigenvalue weighted by molar-refractivity contribution is -0.384. The molecular weight excluding hydrogens is 250 g/mol. The summed E-state index contributed by atoms with van der Waals surface area (Å²) in [4.78, 5) is 13.5. The lowest BCUT2D eigenvalue weighted by Gasteiger charge is -2.05. The first kappa shape index (κ1) is 11.9. The molecule has 0 aliphatic carbocycles. The topological polar surface area (TPSA) is 94.1 Å². The van der Waals surface area contributed by atoms with Gasteiger partial charge >= 0.3 is 0 Å². The number of halogens is 2. The predicted molar refractivity (Wildman–Crippen MR) is 54.6 cm³/mol. The summed E-state index contributed by atoms with van der Waals surface area (Å²) in [5, 5.41) is 16.7. The highest BCUT2D eigenvalue weighted by atomic mass is 19.2. The second-order valence-electron chi connectivity index (χ2n) is 3.24. The highest BCUT2D eigenvalue weighted by Gasteiger charge is 2.18. The van der Waals surface area contributed by atoms with E-state index in [-0.39, 0.29) is 18.1 Å². The number of nitro groups is 1. The van der Waals surface area contributed by atoms with E-state index in [2.05, 4.69) is 20.0 Å². The summed E-state index contributed by atoms with van der Waals surface area (Å²) in [6.45, 7) is -0.0115. The zero-order chi connectivity index (χ0) is 13.1. The quantitative estimate of drug-likeness (QED) is 0.662. The highest BCUT2D eigenvalue weighted by Crippen LogP contribution is 2.27. The van der Waals surface area contributed by atoms with Crippen molar-refractivity contribution in [3.63, 3.8) is 0 Å².